The van der Waals surface area contributed by atoms with E-state index in [-0.39, 0.29) is 12.5 Å². The van der Waals surface area contributed by atoms with Gasteiger partial charge in [-0.1, -0.05) is 13.8 Å². The number of carboxylic acid groups (broad SMARTS) is 3. The third-order valence-corrected chi connectivity index (χ3v) is 1.57. The van der Waals surface area contributed by atoms with Gasteiger partial charge in [0.15, 0.2) is 0 Å². The molecule has 0 aliphatic carbocycles. The zero-order chi connectivity index (χ0) is 16.2. The van der Waals surface area contributed by atoms with Gasteiger partial charge in [-0.05, 0) is 12.8 Å². The smallest absolute Gasteiger partial charge is 0.320 e. The van der Waals surface area contributed by atoms with Gasteiger partial charge in [0.2, 0.25) is 0 Å². The number of hydrogen-bond acceptors (Lipinski definition) is 6. The predicted octanol–water partition coefficient (Wildman–Crippen LogP) is -1.50. The van der Waals surface area contributed by atoms with E-state index in [9.17, 15) is 14.4 Å². The highest BCUT2D eigenvalue weighted by Crippen LogP contribution is 1.96. The molecule has 9 N–H and O–H groups in total. The van der Waals surface area contributed by atoms with Gasteiger partial charge in [-0.25, -0.2) is 0 Å². The van der Waals surface area contributed by atoms with Crippen molar-refractivity contribution in [2.45, 2.75) is 32.9 Å². The Hall–Kier alpha value is -1.71. The zero-order valence-electron chi connectivity index (χ0n) is 11.2. The van der Waals surface area contributed by atoms with Crippen molar-refractivity contribution >= 4 is 17.9 Å². The maximum Gasteiger partial charge on any atom is 0.320 e. The molecule has 0 aromatic heterocycles. The lowest BCUT2D eigenvalue weighted by atomic mass is 10.1. The average Bonchev–Trinajstić information content (AvgIpc) is 2.28. The Morgan fingerprint density at radius 1 is 0.947 bits per heavy atom. The summed E-state index contributed by atoms with van der Waals surface area (Å²) in [7, 11) is 0. The van der Waals surface area contributed by atoms with Crippen LogP contribution in [0.2, 0.25) is 0 Å². The van der Waals surface area contributed by atoms with Crippen LogP contribution in [0.1, 0.15) is 20.8 Å². The number of hydrogen-bond donors (Lipinski definition) is 6. The van der Waals surface area contributed by atoms with Crippen molar-refractivity contribution in [3.05, 3.63) is 0 Å². The van der Waals surface area contributed by atoms with Crippen LogP contribution in [0.3, 0.4) is 0 Å². The Morgan fingerprint density at radius 3 is 1.21 bits per heavy atom. The van der Waals surface area contributed by atoms with E-state index in [4.69, 9.17) is 26.8 Å². The van der Waals surface area contributed by atoms with Crippen molar-refractivity contribution in [3.63, 3.8) is 0 Å². The molecule has 0 radical (unpaired) electrons. The molecule has 0 amide bonds. The maximum absolute atomic E-state index is 10.0. The Labute approximate surface area is 111 Å². The van der Waals surface area contributed by atoms with Crippen LogP contribution < -0.4 is 17.2 Å². The molecule has 0 aliphatic heterocycles. The fourth-order valence-corrected chi connectivity index (χ4v) is 0.285. The average molecular weight is 281 g/mol. The molecule has 0 heterocycles. The van der Waals surface area contributed by atoms with Crippen LogP contribution in [0.4, 0.5) is 0 Å². The Morgan fingerprint density at radius 2 is 1.21 bits per heavy atom. The van der Waals surface area contributed by atoms with E-state index in [0.29, 0.717) is 0 Å². The molecule has 114 valence electrons. The summed E-state index contributed by atoms with van der Waals surface area (Å²) in [6.45, 7) is 4.69. The van der Waals surface area contributed by atoms with Gasteiger partial charge >= 0.3 is 17.9 Å². The fourth-order valence-electron chi connectivity index (χ4n) is 0.285. The maximum atomic E-state index is 10.0. The van der Waals surface area contributed by atoms with Gasteiger partial charge in [0.05, 0.1) is 6.54 Å². The van der Waals surface area contributed by atoms with Crippen molar-refractivity contribution < 1.29 is 29.7 Å². The first-order valence-corrected chi connectivity index (χ1v) is 5.35. The normalized spacial score (nSPS) is 12.2. The Balaban J connectivity index is -0.000000209. The molecule has 0 fully saturated rings. The minimum atomic E-state index is -0.968. The zero-order valence-corrected chi connectivity index (χ0v) is 11.2. The molecule has 1 unspecified atom stereocenters. The third-order valence-electron chi connectivity index (χ3n) is 1.57. The molecule has 9 heteroatoms. The minimum Gasteiger partial charge on any atom is -0.480 e. The van der Waals surface area contributed by atoms with Gasteiger partial charge in [-0.3, -0.25) is 14.4 Å². The summed E-state index contributed by atoms with van der Waals surface area (Å²) in [6, 6.07) is -1.44. The van der Waals surface area contributed by atoms with Crippen molar-refractivity contribution in [3.8, 4) is 0 Å². The second-order valence-electron chi connectivity index (χ2n) is 3.83. The molecule has 2 atom stereocenters. The van der Waals surface area contributed by atoms with Gasteiger partial charge in [-0.2, -0.15) is 0 Å². The van der Waals surface area contributed by atoms with E-state index in [1.165, 1.54) is 6.92 Å². The van der Waals surface area contributed by atoms with Crippen LogP contribution in [0.15, 0.2) is 0 Å². The van der Waals surface area contributed by atoms with E-state index in [2.05, 4.69) is 5.73 Å². The number of nitrogens with two attached hydrogens (primary N) is 3. The number of carbonyl (C=O) groups is 3. The summed E-state index contributed by atoms with van der Waals surface area (Å²) >= 11 is 0. The summed E-state index contributed by atoms with van der Waals surface area (Å²) < 4.78 is 0. The van der Waals surface area contributed by atoms with Gasteiger partial charge in [0.25, 0.3) is 0 Å². The van der Waals surface area contributed by atoms with Crippen molar-refractivity contribution in [1.82, 2.24) is 0 Å². The second kappa shape index (κ2) is 12.7. The lowest BCUT2D eigenvalue weighted by Gasteiger charge is -2.07. The quantitative estimate of drug-likeness (QED) is 0.356. The number of carboxylic acids is 3. The molecule has 0 spiro atoms. The highest BCUT2D eigenvalue weighted by Gasteiger charge is 2.14. The molecule has 0 aromatic rings. The summed E-state index contributed by atoms with van der Waals surface area (Å²) in [4.78, 5) is 28.8. The largest absolute Gasteiger partial charge is 0.480 e. The van der Waals surface area contributed by atoms with Crippen LogP contribution in [-0.4, -0.2) is 51.9 Å². The summed E-state index contributed by atoms with van der Waals surface area (Å²) in [6.07, 6.45) is 0. The van der Waals surface area contributed by atoms with Crippen molar-refractivity contribution in [2.24, 2.45) is 23.1 Å². The molecule has 0 aliphatic rings. The number of rotatable bonds is 4. The highest BCUT2D eigenvalue weighted by molar-refractivity contribution is 5.73. The van der Waals surface area contributed by atoms with Crippen molar-refractivity contribution in [2.75, 3.05) is 6.54 Å². The minimum absolute atomic E-state index is 0.0208. The first-order chi connectivity index (χ1) is 8.47. The van der Waals surface area contributed by atoms with E-state index < -0.39 is 30.0 Å². The molecular weight excluding hydrogens is 258 g/mol. The van der Waals surface area contributed by atoms with Gasteiger partial charge in [-0.15, -0.1) is 0 Å². The van der Waals surface area contributed by atoms with E-state index >= 15 is 0 Å². The molecule has 0 aromatic carbocycles. The lowest BCUT2D eigenvalue weighted by molar-refractivity contribution is -0.140. The van der Waals surface area contributed by atoms with Crippen LogP contribution in [-0.2, 0) is 14.4 Å². The van der Waals surface area contributed by atoms with Crippen LogP contribution >= 0.6 is 0 Å². The van der Waals surface area contributed by atoms with Gasteiger partial charge in [0.1, 0.15) is 12.1 Å². The predicted molar refractivity (Wildman–Crippen MR) is 68.4 cm³/mol. The van der Waals surface area contributed by atoms with Crippen LogP contribution in [0, 0.1) is 5.92 Å². The summed E-state index contributed by atoms with van der Waals surface area (Å²) in [5, 5.41) is 23.7. The van der Waals surface area contributed by atoms with E-state index in [1.807, 2.05) is 0 Å². The SMILES string of the molecule is CC(C)C(N)C(=O)O.C[C@H](N)C(=O)O.NCC(=O)O. The Kier molecular flexibility index (Phi) is 15.1. The van der Waals surface area contributed by atoms with Crippen LogP contribution in [0.25, 0.3) is 0 Å². The summed E-state index contributed by atoms with van der Waals surface area (Å²) in [5.74, 6) is -2.84. The Bertz CT molecular complexity index is 280. The monoisotopic (exact) mass is 281 g/mol. The molecule has 0 saturated carbocycles. The van der Waals surface area contributed by atoms with Gasteiger partial charge < -0.3 is 32.5 Å². The second-order valence-corrected chi connectivity index (χ2v) is 3.83. The first-order valence-electron chi connectivity index (χ1n) is 5.35. The number of aliphatic carboxylic acids is 3. The van der Waals surface area contributed by atoms with Crippen LogP contribution in [0.5, 0.6) is 0 Å². The van der Waals surface area contributed by atoms with Gasteiger partial charge in [0, 0.05) is 0 Å². The molecule has 9 nitrogen and oxygen atoms in total. The topological polar surface area (TPSA) is 190 Å². The van der Waals surface area contributed by atoms with Crippen molar-refractivity contribution in [1.29, 1.82) is 0 Å². The first kappa shape index (κ1) is 22.5. The molecule has 19 heavy (non-hydrogen) atoms. The lowest BCUT2D eigenvalue weighted by Crippen LogP contribution is -2.34. The fraction of sp³-hybridized carbons (Fsp3) is 0.700. The molecular formula is C10H23N3O6. The standard InChI is InChI=1S/C5H11NO2.C3H7NO2.C2H5NO2/c1-3(2)4(6)5(7)8;1-2(4)3(5)6;3-1-2(4)5/h3-4H,6H2,1-2H3,(H,7,8);2H,4H2,1H3,(H,5,6);1,3H2,(H,4,5)/t;2-;/m.0./s1. The summed E-state index contributed by atoms with van der Waals surface area (Å²) in [5.41, 5.74) is 14.6. The van der Waals surface area contributed by atoms with E-state index in [1.54, 1.807) is 13.8 Å². The third kappa shape index (κ3) is 22.0. The highest BCUT2D eigenvalue weighted by atomic mass is 16.4. The molecule has 0 bridgehead atoms. The molecule has 0 rings (SSSR count). The molecule has 0 saturated heterocycles. The van der Waals surface area contributed by atoms with E-state index in [0.717, 1.165) is 0 Å².